The lowest BCUT2D eigenvalue weighted by Gasteiger charge is -2.37. The molecule has 3 nitrogen and oxygen atoms in total. The zero-order chi connectivity index (χ0) is 12.7. The number of hydrogen-bond donors (Lipinski definition) is 1. The maximum atomic E-state index is 11.5. The lowest BCUT2D eigenvalue weighted by atomic mass is 9.96. The van der Waals surface area contributed by atoms with E-state index in [-0.39, 0.29) is 12.1 Å². The Labute approximate surface area is 107 Å². The van der Waals surface area contributed by atoms with E-state index in [0.29, 0.717) is 12.0 Å². The summed E-state index contributed by atoms with van der Waals surface area (Å²) in [4.78, 5) is 13.7. The lowest BCUT2D eigenvalue weighted by Crippen LogP contribution is -2.46. The molecule has 2 bridgehead atoms. The van der Waals surface area contributed by atoms with Crippen molar-refractivity contribution in [1.29, 1.82) is 0 Å². The number of fused-ring (bicyclic) bond motifs is 2. The molecule has 3 heteroatoms. The molecule has 18 heavy (non-hydrogen) atoms. The van der Waals surface area contributed by atoms with Crippen molar-refractivity contribution in [3.8, 4) is 0 Å². The summed E-state index contributed by atoms with van der Waals surface area (Å²) >= 11 is 0. The molecule has 1 heterocycles. The Hall–Kier alpha value is -1.35. The van der Waals surface area contributed by atoms with Crippen molar-refractivity contribution in [3.05, 3.63) is 35.9 Å². The monoisotopic (exact) mass is 245 g/mol. The second-order valence-electron chi connectivity index (χ2n) is 5.54. The van der Waals surface area contributed by atoms with Gasteiger partial charge < -0.3 is 5.11 Å². The molecular formula is C15H19NO2. The first kappa shape index (κ1) is 11.7. The molecule has 1 aromatic rings. The minimum Gasteiger partial charge on any atom is -0.480 e. The fraction of sp³-hybridized carbons (Fsp3) is 0.533. The van der Waals surface area contributed by atoms with Crippen molar-refractivity contribution in [3.63, 3.8) is 0 Å². The molecule has 96 valence electrons. The number of hydrogen-bond acceptors (Lipinski definition) is 2. The Morgan fingerprint density at radius 1 is 1.33 bits per heavy atom. The van der Waals surface area contributed by atoms with Crippen molar-refractivity contribution in [1.82, 2.24) is 4.90 Å². The summed E-state index contributed by atoms with van der Waals surface area (Å²) in [7, 11) is 0. The van der Waals surface area contributed by atoms with Crippen LogP contribution in [0.4, 0.5) is 0 Å². The number of carbonyl (C=O) groups is 1. The van der Waals surface area contributed by atoms with Crippen LogP contribution < -0.4 is 0 Å². The van der Waals surface area contributed by atoms with Crippen LogP contribution in [0.15, 0.2) is 30.3 Å². The van der Waals surface area contributed by atoms with Crippen molar-refractivity contribution in [2.24, 2.45) is 5.92 Å². The molecule has 1 saturated carbocycles. The van der Waals surface area contributed by atoms with Crippen LogP contribution in [0.25, 0.3) is 0 Å². The summed E-state index contributed by atoms with van der Waals surface area (Å²) in [6.45, 7) is 2.13. The van der Waals surface area contributed by atoms with Gasteiger partial charge in [0.25, 0.3) is 0 Å². The minimum atomic E-state index is -0.648. The number of benzene rings is 1. The molecule has 3 rings (SSSR count). The summed E-state index contributed by atoms with van der Waals surface area (Å²) in [5, 5.41) is 9.46. The summed E-state index contributed by atoms with van der Waals surface area (Å²) in [5.41, 5.74) is 1.22. The Balaban J connectivity index is 1.89. The molecule has 4 atom stereocenters. The number of likely N-dealkylation sites (tertiary alicyclic amines) is 1. The molecule has 0 spiro atoms. The quantitative estimate of drug-likeness (QED) is 0.890. The van der Waals surface area contributed by atoms with E-state index in [2.05, 4.69) is 24.0 Å². The number of nitrogens with zero attached hydrogens (tertiary/aromatic N) is 1. The molecular weight excluding hydrogens is 226 g/mol. The molecule has 1 aliphatic carbocycles. The second kappa shape index (κ2) is 4.39. The topological polar surface area (TPSA) is 40.5 Å². The molecule has 1 saturated heterocycles. The van der Waals surface area contributed by atoms with E-state index in [9.17, 15) is 9.90 Å². The van der Waals surface area contributed by atoms with Crippen LogP contribution in [-0.4, -0.2) is 28.1 Å². The molecule has 1 N–H and O–H groups in total. The standard InChI is InChI=1S/C15H19NO2/c1-10(11-5-3-2-4-6-11)16-13-8-7-12(9-13)14(16)15(17)18/h2-6,10,12-14H,7-9H2,1H3,(H,17,18)/t10-,12?,13?,14?/m1/s1. The van der Waals surface area contributed by atoms with Crippen LogP contribution in [0.2, 0.25) is 0 Å². The Kier molecular flexibility index (Phi) is 2.86. The number of rotatable bonds is 3. The van der Waals surface area contributed by atoms with Crippen LogP contribution in [-0.2, 0) is 4.79 Å². The summed E-state index contributed by atoms with van der Waals surface area (Å²) in [6.07, 6.45) is 3.30. The van der Waals surface area contributed by atoms with Crippen molar-refractivity contribution in [2.45, 2.75) is 44.3 Å². The van der Waals surface area contributed by atoms with Crippen LogP contribution in [0, 0.1) is 5.92 Å². The second-order valence-corrected chi connectivity index (χ2v) is 5.54. The van der Waals surface area contributed by atoms with E-state index in [0.717, 1.165) is 19.3 Å². The Morgan fingerprint density at radius 3 is 2.72 bits per heavy atom. The minimum absolute atomic E-state index is 0.197. The first-order valence-corrected chi connectivity index (χ1v) is 6.73. The number of aliphatic carboxylic acids is 1. The smallest absolute Gasteiger partial charge is 0.321 e. The molecule has 1 aromatic carbocycles. The highest BCUT2D eigenvalue weighted by atomic mass is 16.4. The van der Waals surface area contributed by atoms with Crippen LogP contribution in [0.5, 0.6) is 0 Å². The maximum absolute atomic E-state index is 11.5. The van der Waals surface area contributed by atoms with Gasteiger partial charge in [0.15, 0.2) is 0 Å². The third-order valence-corrected chi connectivity index (χ3v) is 4.62. The van der Waals surface area contributed by atoms with E-state index in [4.69, 9.17) is 0 Å². The van der Waals surface area contributed by atoms with Gasteiger partial charge in [-0.1, -0.05) is 30.3 Å². The predicted octanol–water partition coefficient (Wildman–Crippen LogP) is 2.69. The zero-order valence-electron chi connectivity index (χ0n) is 10.6. The molecule has 2 fully saturated rings. The van der Waals surface area contributed by atoms with Crippen molar-refractivity contribution >= 4 is 5.97 Å². The fourth-order valence-corrected chi connectivity index (χ4v) is 3.81. The zero-order valence-corrected chi connectivity index (χ0v) is 10.6. The Morgan fingerprint density at radius 2 is 2.06 bits per heavy atom. The van der Waals surface area contributed by atoms with Gasteiger partial charge in [0.05, 0.1) is 0 Å². The van der Waals surface area contributed by atoms with E-state index in [1.165, 1.54) is 5.56 Å². The van der Waals surface area contributed by atoms with E-state index in [1.807, 2.05) is 18.2 Å². The highest BCUT2D eigenvalue weighted by Crippen LogP contribution is 2.46. The normalized spacial score (nSPS) is 32.6. The van der Waals surface area contributed by atoms with E-state index < -0.39 is 5.97 Å². The predicted molar refractivity (Wildman–Crippen MR) is 69.2 cm³/mol. The van der Waals surface area contributed by atoms with Gasteiger partial charge in [-0.05, 0) is 37.7 Å². The van der Waals surface area contributed by atoms with Gasteiger partial charge in [-0.2, -0.15) is 0 Å². The van der Waals surface area contributed by atoms with Gasteiger partial charge >= 0.3 is 5.97 Å². The fourth-order valence-electron chi connectivity index (χ4n) is 3.81. The average molecular weight is 245 g/mol. The first-order chi connectivity index (χ1) is 8.68. The van der Waals surface area contributed by atoms with Crippen molar-refractivity contribution < 1.29 is 9.90 Å². The highest BCUT2D eigenvalue weighted by Gasteiger charge is 2.50. The Bertz CT molecular complexity index is 445. The van der Waals surface area contributed by atoms with E-state index >= 15 is 0 Å². The molecule has 0 amide bonds. The van der Waals surface area contributed by atoms with Crippen LogP contribution >= 0.6 is 0 Å². The molecule has 0 radical (unpaired) electrons. The molecule has 1 aliphatic heterocycles. The van der Waals surface area contributed by atoms with Gasteiger partial charge in [-0.15, -0.1) is 0 Å². The van der Waals surface area contributed by atoms with Gasteiger partial charge in [0.2, 0.25) is 0 Å². The lowest BCUT2D eigenvalue weighted by molar-refractivity contribution is -0.146. The average Bonchev–Trinajstić information content (AvgIpc) is 2.99. The number of piperidine rings is 1. The summed E-state index contributed by atoms with van der Waals surface area (Å²) in [5.74, 6) is -0.288. The molecule has 0 aromatic heterocycles. The third kappa shape index (κ3) is 1.74. The largest absolute Gasteiger partial charge is 0.480 e. The van der Waals surface area contributed by atoms with Crippen LogP contribution in [0.1, 0.15) is 37.8 Å². The molecule has 3 unspecified atom stereocenters. The van der Waals surface area contributed by atoms with Crippen molar-refractivity contribution in [2.75, 3.05) is 0 Å². The molecule has 2 aliphatic rings. The van der Waals surface area contributed by atoms with Gasteiger partial charge in [0.1, 0.15) is 6.04 Å². The highest BCUT2D eigenvalue weighted by molar-refractivity contribution is 5.75. The van der Waals surface area contributed by atoms with E-state index in [1.54, 1.807) is 0 Å². The van der Waals surface area contributed by atoms with Gasteiger partial charge in [-0.25, -0.2) is 0 Å². The van der Waals surface area contributed by atoms with Crippen LogP contribution in [0.3, 0.4) is 0 Å². The first-order valence-electron chi connectivity index (χ1n) is 6.73. The van der Waals surface area contributed by atoms with Gasteiger partial charge in [0, 0.05) is 12.1 Å². The third-order valence-electron chi connectivity index (χ3n) is 4.62. The summed E-state index contributed by atoms with van der Waals surface area (Å²) < 4.78 is 0. The number of carboxylic acid groups (broad SMARTS) is 1. The van der Waals surface area contributed by atoms with Gasteiger partial charge in [-0.3, -0.25) is 9.69 Å². The SMILES string of the molecule is C[C@H](c1ccccc1)N1C2CCC(C2)C1C(=O)O. The maximum Gasteiger partial charge on any atom is 0.321 e. The summed E-state index contributed by atoms with van der Waals surface area (Å²) in [6, 6.07) is 10.6. The number of carboxylic acids is 1.